The monoisotopic (exact) mass is 369 g/mol. The van der Waals surface area contributed by atoms with Crippen LogP contribution in [0, 0.1) is 12.8 Å². The zero-order valence-corrected chi connectivity index (χ0v) is 16.0. The van der Waals surface area contributed by atoms with Gasteiger partial charge in [0.05, 0.1) is 0 Å². The second-order valence-electron chi connectivity index (χ2n) is 6.64. The molecule has 26 heavy (non-hydrogen) atoms. The van der Waals surface area contributed by atoms with Gasteiger partial charge in [-0.1, -0.05) is 12.1 Å². The number of nitrogens with zero attached hydrogens (tertiary/aromatic N) is 4. The minimum Gasteiger partial charge on any atom is -0.483 e. The highest BCUT2D eigenvalue weighted by atomic mass is 16.5. The van der Waals surface area contributed by atoms with Crippen LogP contribution in [0.4, 0.5) is 4.79 Å². The van der Waals surface area contributed by atoms with E-state index in [9.17, 15) is 4.79 Å². The number of nitrogens with one attached hydrogen (secondary N) is 1. The number of aryl methyl sites for hydroxylation is 1. The normalized spacial score (nSPS) is 17.1. The average molecular weight is 369 g/mol. The lowest BCUT2D eigenvalue weighted by Gasteiger charge is -2.30. The summed E-state index contributed by atoms with van der Waals surface area (Å²) in [5.41, 5.74) is 0. The van der Waals surface area contributed by atoms with Crippen LogP contribution < -0.4 is 5.32 Å². The third-order valence-electron chi connectivity index (χ3n) is 4.26. The van der Waals surface area contributed by atoms with Crippen molar-refractivity contribution in [2.24, 2.45) is 5.92 Å². The van der Waals surface area contributed by atoms with Crippen molar-refractivity contribution in [2.75, 3.05) is 39.8 Å². The van der Waals surface area contributed by atoms with E-state index >= 15 is 0 Å². The fourth-order valence-corrected chi connectivity index (χ4v) is 2.93. The summed E-state index contributed by atoms with van der Waals surface area (Å²) in [6.45, 7) is 8.57. The highest BCUT2D eigenvalue weighted by Crippen LogP contribution is 2.15. The predicted molar refractivity (Wildman–Crippen MR) is 96.9 cm³/mol. The molecule has 1 aliphatic rings. The van der Waals surface area contributed by atoms with Crippen LogP contribution in [0.2, 0.25) is 0 Å². The van der Waals surface area contributed by atoms with Crippen molar-refractivity contribution < 1.29 is 19.2 Å². The molecule has 0 bridgehead atoms. The number of likely N-dealkylation sites (tertiary alicyclic amines) is 1. The summed E-state index contributed by atoms with van der Waals surface area (Å²) in [7, 11) is 1.79. The van der Waals surface area contributed by atoms with E-state index in [1.807, 2.05) is 0 Å². The molecule has 0 aliphatic carbocycles. The van der Waals surface area contributed by atoms with Gasteiger partial charge in [0.2, 0.25) is 5.89 Å². The van der Waals surface area contributed by atoms with Gasteiger partial charge in [-0.3, -0.25) is 4.79 Å². The fourth-order valence-electron chi connectivity index (χ4n) is 2.93. The third kappa shape index (κ3) is 8.80. The SMILES string of the molecule is Cc1nc(CCN(C)C(=O)NCCCN2CCCC(C)C2)no1.O=CO. The summed E-state index contributed by atoms with van der Waals surface area (Å²) in [4.78, 5) is 28.7. The van der Waals surface area contributed by atoms with E-state index in [-0.39, 0.29) is 12.5 Å². The molecule has 1 atom stereocenters. The predicted octanol–water partition coefficient (Wildman–Crippen LogP) is 1.38. The first kappa shape index (κ1) is 21.9. The second-order valence-corrected chi connectivity index (χ2v) is 6.64. The Morgan fingerprint density at radius 2 is 2.27 bits per heavy atom. The van der Waals surface area contributed by atoms with E-state index in [0.29, 0.717) is 24.7 Å². The molecular weight excluding hydrogens is 338 g/mol. The lowest BCUT2D eigenvalue weighted by molar-refractivity contribution is -0.122. The van der Waals surface area contributed by atoms with Crippen LogP contribution in [-0.4, -0.2) is 77.3 Å². The standard InChI is InChI=1S/C16H29N5O2.CH2O2/c1-13-6-4-9-21(12-13)10-5-8-17-16(22)20(3)11-7-15-18-14(2)23-19-15;2-1-3/h13H,4-12H2,1-3H3,(H,17,22);1H,(H,2,3). The third-order valence-corrected chi connectivity index (χ3v) is 4.26. The van der Waals surface area contributed by atoms with Crippen LogP contribution in [0.5, 0.6) is 0 Å². The first-order chi connectivity index (χ1) is 12.5. The van der Waals surface area contributed by atoms with E-state index in [2.05, 4.69) is 27.3 Å². The molecule has 1 aromatic rings. The average Bonchev–Trinajstić information content (AvgIpc) is 3.02. The van der Waals surface area contributed by atoms with Gasteiger partial charge in [-0.2, -0.15) is 4.98 Å². The molecular formula is C17H31N5O4. The lowest BCUT2D eigenvalue weighted by Crippen LogP contribution is -2.40. The van der Waals surface area contributed by atoms with Crippen LogP contribution in [0.25, 0.3) is 0 Å². The molecule has 9 heteroatoms. The van der Waals surface area contributed by atoms with Crippen LogP contribution in [0.15, 0.2) is 4.52 Å². The Morgan fingerprint density at radius 3 is 2.88 bits per heavy atom. The number of rotatable bonds is 7. The molecule has 2 heterocycles. The Balaban J connectivity index is 0.00000105. The Morgan fingerprint density at radius 1 is 1.54 bits per heavy atom. The van der Waals surface area contributed by atoms with Crippen molar-refractivity contribution in [3.8, 4) is 0 Å². The van der Waals surface area contributed by atoms with Gasteiger partial charge in [-0.05, 0) is 38.3 Å². The van der Waals surface area contributed by atoms with Crippen LogP contribution in [0.1, 0.15) is 37.9 Å². The maximum Gasteiger partial charge on any atom is 0.317 e. The maximum absolute atomic E-state index is 12.0. The van der Waals surface area contributed by atoms with Crippen molar-refractivity contribution in [1.29, 1.82) is 0 Å². The Kier molecular flexibility index (Phi) is 10.3. The molecule has 2 amide bonds. The Hall–Kier alpha value is -2.16. The fraction of sp³-hybridized carbons (Fsp3) is 0.765. The van der Waals surface area contributed by atoms with Gasteiger partial charge in [-0.15, -0.1) is 0 Å². The van der Waals surface area contributed by atoms with Crippen LogP contribution >= 0.6 is 0 Å². The minimum absolute atomic E-state index is 0.0442. The first-order valence-electron chi connectivity index (χ1n) is 9.04. The van der Waals surface area contributed by atoms with Gasteiger partial charge in [0.1, 0.15) is 0 Å². The summed E-state index contributed by atoms with van der Waals surface area (Å²) in [5.74, 6) is 2.00. The van der Waals surface area contributed by atoms with Crippen molar-refractivity contribution in [2.45, 2.75) is 39.5 Å². The van der Waals surface area contributed by atoms with E-state index in [1.54, 1.807) is 18.9 Å². The molecule has 1 saturated heterocycles. The molecule has 0 aromatic carbocycles. The van der Waals surface area contributed by atoms with Gasteiger partial charge < -0.3 is 24.7 Å². The summed E-state index contributed by atoms with van der Waals surface area (Å²) >= 11 is 0. The number of carbonyl (C=O) groups is 2. The molecule has 1 aliphatic heterocycles. The zero-order chi connectivity index (χ0) is 19.4. The van der Waals surface area contributed by atoms with Crippen molar-refractivity contribution in [3.63, 3.8) is 0 Å². The van der Waals surface area contributed by atoms with Crippen molar-refractivity contribution in [3.05, 3.63) is 11.7 Å². The van der Waals surface area contributed by atoms with Gasteiger partial charge in [-0.25, -0.2) is 4.79 Å². The van der Waals surface area contributed by atoms with Crippen molar-refractivity contribution in [1.82, 2.24) is 25.3 Å². The molecule has 1 fully saturated rings. The lowest BCUT2D eigenvalue weighted by atomic mass is 10.0. The summed E-state index contributed by atoms with van der Waals surface area (Å²) in [6, 6.07) is -0.0442. The zero-order valence-electron chi connectivity index (χ0n) is 16.0. The van der Waals surface area contributed by atoms with Gasteiger partial charge in [0.25, 0.3) is 6.47 Å². The molecule has 2 N–H and O–H groups in total. The van der Waals surface area contributed by atoms with Gasteiger partial charge in [0.15, 0.2) is 5.82 Å². The number of hydrogen-bond donors (Lipinski definition) is 2. The number of piperidine rings is 1. The summed E-state index contributed by atoms with van der Waals surface area (Å²) in [6.07, 6.45) is 4.24. The molecule has 0 spiro atoms. The topological polar surface area (TPSA) is 112 Å². The Bertz CT molecular complexity index is 537. The van der Waals surface area contributed by atoms with E-state index in [0.717, 1.165) is 25.4 Å². The van der Waals surface area contributed by atoms with Crippen LogP contribution in [0.3, 0.4) is 0 Å². The molecule has 1 aromatic heterocycles. The summed E-state index contributed by atoms with van der Waals surface area (Å²) < 4.78 is 4.92. The Labute approximate surface area is 154 Å². The molecule has 148 valence electrons. The number of amides is 2. The molecule has 2 rings (SSSR count). The van der Waals surface area contributed by atoms with Gasteiger partial charge in [0, 0.05) is 40.0 Å². The number of carboxylic acid groups (broad SMARTS) is 1. The van der Waals surface area contributed by atoms with E-state index in [4.69, 9.17) is 14.4 Å². The highest BCUT2D eigenvalue weighted by Gasteiger charge is 2.15. The number of hydrogen-bond acceptors (Lipinski definition) is 6. The molecule has 0 radical (unpaired) electrons. The van der Waals surface area contributed by atoms with E-state index in [1.165, 1.54) is 25.9 Å². The largest absolute Gasteiger partial charge is 0.483 e. The number of carbonyl (C=O) groups excluding carboxylic acids is 1. The number of aromatic nitrogens is 2. The second kappa shape index (κ2) is 12.2. The number of likely N-dealkylation sites (N-methyl/N-ethyl adjacent to an activating group) is 1. The minimum atomic E-state index is -0.250. The van der Waals surface area contributed by atoms with Crippen LogP contribution in [-0.2, 0) is 11.2 Å². The summed E-state index contributed by atoms with van der Waals surface area (Å²) in [5, 5.41) is 13.7. The molecule has 1 unspecified atom stereocenters. The maximum atomic E-state index is 12.0. The number of urea groups is 1. The van der Waals surface area contributed by atoms with Crippen molar-refractivity contribution >= 4 is 12.5 Å². The smallest absolute Gasteiger partial charge is 0.317 e. The van der Waals surface area contributed by atoms with Gasteiger partial charge >= 0.3 is 6.03 Å². The first-order valence-corrected chi connectivity index (χ1v) is 9.04. The molecule has 0 saturated carbocycles. The molecule has 9 nitrogen and oxygen atoms in total. The highest BCUT2D eigenvalue weighted by molar-refractivity contribution is 5.73. The quantitative estimate of drug-likeness (QED) is 0.551. The van der Waals surface area contributed by atoms with E-state index < -0.39 is 0 Å².